The van der Waals surface area contributed by atoms with E-state index in [0.29, 0.717) is 0 Å². The van der Waals surface area contributed by atoms with Gasteiger partial charge in [0.2, 0.25) is 5.91 Å². The van der Waals surface area contributed by atoms with Gasteiger partial charge in [-0.15, -0.1) is 0 Å². The van der Waals surface area contributed by atoms with Crippen LogP contribution in [0.4, 0.5) is 0 Å². The molecule has 0 unspecified atom stereocenters. The van der Waals surface area contributed by atoms with Gasteiger partial charge in [-0.05, 0) is 30.9 Å². The molecule has 94 valence electrons. The van der Waals surface area contributed by atoms with E-state index in [9.17, 15) is 4.79 Å². The molecule has 0 radical (unpaired) electrons. The summed E-state index contributed by atoms with van der Waals surface area (Å²) in [5, 5.41) is 2.82. The van der Waals surface area contributed by atoms with Crippen LogP contribution < -0.4 is 5.32 Å². The summed E-state index contributed by atoms with van der Waals surface area (Å²) in [4.78, 5) is 14.7. The third-order valence-electron chi connectivity index (χ3n) is 2.74. The molecular formula is C14H22N2O. The van der Waals surface area contributed by atoms with Crippen LogP contribution in [0.25, 0.3) is 0 Å². The molecule has 1 amide bonds. The van der Waals surface area contributed by atoms with E-state index in [-0.39, 0.29) is 5.91 Å². The second-order valence-electron chi connectivity index (χ2n) is 4.36. The molecule has 1 aromatic rings. The lowest BCUT2D eigenvalue weighted by molar-refractivity contribution is -0.118. The Labute approximate surface area is 104 Å². The van der Waals surface area contributed by atoms with Gasteiger partial charge in [-0.2, -0.15) is 0 Å². The van der Waals surface area contributed by atoms with E-state index in [4.69, 9.17) is 0 Å². The van der Waals surface area contributed by atoms with Crippen LogP contribution in [0.3, 0.4) is 0 Å². The molecule has 0 saturated carbocycles. The van der Waals surface area contributed by atoms with Gasteiger partial charge in [0.05, 0.1) is 0 Å². The molecule has 0 aromatic carbocycles. The van der Waals surface area contributed by atoms with E-state index in [1.54, 1.807) is 6.92 Å². The van der Waals surface area contributed by atoms with Gasteiger partial charge in [0.15, 0.2) is 0 Å². The number of hydrogen-bond acceptors (Lipinski definition) is 2. The predicted molar refractivity (Wildman–Crippen MR) is 69.7 cm³/mol. The fourth-order valence-corrected chi connectivity index (χ4v) is 1.79. The Hall–Kier alpha value is -1.38. The number of rotatable bonds is 8. The first-order valence-electron chi connectivity index (χ1n) is 6.42. The van der Waals surface area contributed by atoms with Gasteiger partial charge >= 0.3 is 0 Å². The fraction of sp³-hybridized carbons (Fsp3) is 0.571. The van der Waals surface area contributed by atoms with Crippen molar-refractivity contribution < 1.29 is 4.79 Å². The molecule has 1 aromatic heterocycles. The number of carbonyl (C=O) groups excluding carboxylic acids is 1. The Morgan fingerprint density at radius 2 is 2.00 bits per heavy atom. The molecule has 1 rings (SSSR count). The van der Waals surface area contributed by atoms with Gasteiger partial charge < -0.3 is 5.32 Å². The maximum atomic E-state index is 10.6. The minimum absolute atomic E-state index is 0.0709. The topological polar surface area (TPSA) is 42.0 Å². The summed E-state index contributed by atoms with van der Waals surface area (Å²) < 4.78 is 0. The molecule has 17 heavy (non-hydrogen) atoms. The highest BCUT2D eigenvalue weighted by Crippen LogP contribution is 2.07. The number of unbranched alkanes of at least 4 members (excludes halogenated alkanes) is 4. The van der Waals surface area contributed by atoms with Crippen molar-refractivity contribution in [1.82, 2.24) is 10.3 Å². The van der Waals surface area contributed by atoms with Crippen LogP contribution in [0.1, 0.15) is 44.6 Å². The lowest BCUT2D eigenvalue weighted by Crippen LogP contribution is -2.20. The molecule has 3 heteroatoms. The number of nitrogens with zero attached hydrogens (tertiary/aromatic N) is 1. The van der Waals surface area contributed by atoms with E-state index in [1.165, 1.54) is 31.2 Å². The van der Waals surface area contributed by atoms with Crippen molar-refractivity contribution in [2.75, 3.05) is 6.54 Å². The normalized spacial score (nSPS) is 10.2. The summed E-state index contributed by atoms with van der Waals surface area (Å²) in [5.74, 6) is 0.0709. The predicted octanol–water partition coefficient (Wildman–Crippen LogP) is 2.71. The zero-order valence-electron chi connectivity index (χ0n) is 10.6. The van der Waals surface area contributed by atoms with E-state index in [1.807, 2.05) is 18.5 Å². The van der Waals surface area contributed by atoms with E-state index in [2.05, 4.69) is 16.4 Å². The van der Waals surface area contributed by atoms with Crippen molar-refractivity contribution in [2.45, 2.75) is 45.4 Å². The van der Waals surface area contributed by atoms with E-state index in [0.717, 1.165) is 19.4 Å². The lowest BCUT2D eigenvalue weighted by atomic mass is 10.1. The summed E-state index contributed by atoms with van der Waals surface area (Å²) in [6, 6.07) is 4.12. The summed E-state index contributed by atoms with van der Waals surface area (Å²) in [7, 11) is 0. The van der Waals surface area contributed by atoms with E-state index >= 15 is 0 Å². The first kappa shape index (κ1) is 13.7. The number of nitrogens with one attached hydrogen (secondary N) is 1. The van der Waals surface area contributed by atoms with Crippen LogP contribution in [0, 0.1) is 0 Å². The Morgan fingerprint density at radius 3 is 2.71 bits per heavy atom. The summed E-state index contributed by atoms with van der Waals surface area (Å²) in [5.41, 5.74) is 1.32. The van der Waals surface area contributed by atoms with Crippen molar-refractivity contribution in [1.29, 1.82) is 0 Å². The van der Waals surface area contributed by atoms with Crippen LogP contribution in [0.2, 0.25) is 0 Å². The Kier molecular flexibility index (Phi) is 7.03. The highest BCUT2D eigenvalue weighted by Gasteiger charge is 1.94. The number of amides is 1. The first-order valence-corrected chi connectivity index (χ1v) is 6.42. The van der Waals surface area contributed by atoms with Crippen molar-refractivity contribution in [3.63, 3.8) is 0 Å². The monoisotopic (exact) mass is 234 g/mol. The Bertz CT molecular complexity index is 311. The van der Waals surface area contributed by atoms with Crippen molar-refractivity contribution in [3.05, 3.63) is 30.1 Å². The maximum Gasteiger partial charge on any atom is 0.216 e. The van der Waals surface area contributed by atoms with E-state index < -0.39 is 0 Å². The molecule has 0 bridgehead atoms. The minimum Gasteiger partial charge on any atom is -0.356 e. The lowest BCUT2D eigenvalue weighted by Gasteiger charge is -2.03. The van der Waals surface area contributed by atoms with Crippen LogP contribution in [-0.4, -0.2) is 17.4 Å². The fourth-order valence-electron chi connectivity index (χ4n) is 1.79. The van der Waals surface area contributed by atoms with Crippen LogP contribution in [0.5, 0.6) is 0 Å². The largest absolute Gasteiger partial charge is 0.356 e. The van der Waals surface area contributed by atoms with Crippen molar-refractivity contribution >= 4 is 5.91 Å². The molecule has 1 N–H and O–H groups in total. The number of aryl methyl sites for hydroxylation is 1. The van der Waals surface area contributed by atoms with Crippen LogP contribution >= 0.6 is 0 Å². The summed E-state index contributed by atoms with van der Waals surface area (Å²) in [6.07, 6.45) is 10.9. The molecule has 1 heterocycles. The first-order chi connectivity index (χ1) is 8.29. The third-order valence-corrected chi connectivity index (χ3v) is 2.74. The van der Waals surface area contributed by atoms with Gasteiger partial charge in [-0.1, -0.05) is 25.3 Å². The molecule has 0 spiro atoms. The number of hydrogen-bond donors (Lipinski definition) is 1. The third kappa shape index (κ3) is 7.50. The maximum absolute atomic E-state index is 10.6. The van der Waals surface area contributed by atoms with Crippen molar-refractivity contribution in [3.8, 4) is 0 Å². The number of aromatic nitrogens is 1. The molecule has 0 aliphatic carbocycles. The second kappa shape index (κ2) is 8.74. The summed E-state index contributed by atoms with van der Waals surface area (Å²) >= 11 is 0. The molecule has 3 nitrogen and oxygen atoms in total. The van der Waals surface area contributed by atoms with Gasteiger partial charge in [0, 0.05) is 25.9 Å². The highest BCUT2D eigenvalue weighted by atomic mass is 16.1. The molecule has 0 fully saturated rings. The molecule has 0 saturated heterocycles. The quantitative estimate of drug-likeness (QED) is 0.703. The summed E-state index contributed by atoms with van der Waals surface area (Å²) in [6.45, 7) is 2.38. The average Bonchev–Trinajstić information content (AvgIpc) is 2.33. The highest BCUT2D eigenvalue weighted by molar-refractivity contribution is 5.72. The smallest absolute Gasteiger partial charge is 0.216 e. The van der Waals surface area contributed by atoms with Crippen LogP contribution in [0.15, 0.2) is 24.5 Å². The average molecular weight is 234 g/mol. The minimum atomic E-state index is 0.0709. The van der Waals surface area contributed by atoms with Gasteiger partial charge in [-0.3, -0.25) is 9.78 Å². The Morgan fingerprint density at radius 1 is 1.24 bits per heavy atom. The molecule has 0 aliphatic rings. The Balaban J connectivity index is 1.90. The SMILES string of the molecule is CC(=O)NCCCCCCCc1cccnc1. The standard InChI is InChI=1S/C14H22N2O/c1-13(17)16-11-6-4-2-3-5-8-14-9-7-10-15-12-14/h7,9-10,12H,2-6,8,11H2,1H3,(H,16,17). The molecule has 0 atom stereocenters. The zero-order chi connectivity index (χ0) is 12.3. The van der Waals surface area contributed by atoms with Gasteiger partial charge in [-0.25, -0.2) is 0 Å². The molecule has 0 aliphatic heterocycles. The van der Waals surface area contributed by atoms with Gasteiger partial charge in [0.25, 0.3) is 0 Å². The van der Waals surface area contributed by atoms with Crippen LogP contribution in [-0.2, 0) is 11.2 Å². The zero-order valence-corrected chi connectivity index (χ0v) is 10.6. The van der Waals surface area contributed by atoms with Gasteiger partial charge in [0.1, 0.15) is 0 Å². The number of carbonyl (C=O) groups is 1. The molecular weight excluding hydrogens is 212 g/mol. The second-order valence-corrected chi connectivity index (χ2v) is 4.36. The van der Waals surface area contributed by atoms with Crippen molar-refractivity contribution in [2.24, 2.45) is 0 Å². The number of pyridine rings is 1.